The van der Waals surface area contributed by atoms with Crippen LogP contribution in [0.4, 0.5) is 0 Å². The van der Waals surface area contributed by atoms with Crippen molar-refractivity contribution in [2.75, 3.05) is 4.43 Å². The predicted molar refractivity (Wildman–Crippen MR) is 80.9 cm³/mol. The van der Waals surface area contributed by atoms with Crippen LogP contribution in [0.3, 0.4) is 0 Å². The van der Waals surface area contributed by atoms with Gasteiger partial charge in [-0.1, -0.05) is 54.1 Å². The molecule has 0 radical (unpaired) electrons. The Kier molecular flexibility index (Phi) is 5.43. The number of nitrogens with one attached hydrogen (secondary N) is 1. The zero-order valence-corrected chi connectivity index (χ0v) is 13.0. The van der Waals surface area contributed by atoms with Gasteiger partial charge in [0.15, 0.2) is 0 Å². The number of alkyl halides is 1. The molecule has 1 unspecified atom stereocenters. The summed E-state index contributed by atoms with van der Waals surface area (Å²) in [6.07, 6.45) is 0. The Balaban J connectivity index is 2.86. The first-order valence-corrected chi connectivity index (χ1v) is 7.42. The average Bonchev–Trinajstić information content (AvgIpc) is 2.28. The van der Waals surface area contributed by atoms with E-state index in [0.717, 1.165) is 21.1 Å². The summed E-state index contributed by atoms with van der Waals surface area (Å²) in [4.78, 5) is 12.2. The lowest BCUT2D eigenvalue weighted by molar-refractivity contribution is 0.0931. The van der Waals surface area contributed by atoms with Crippen molar-refractivity contribution in [1.29, 1.82) is 0 Å². The molecular weight excluding hydrogens is 325 g/mol. The first-order valence-electron chi connectivity index (χ1n) is 5.89. The number of benzene rings is 1. The van der Waals surface area contributed by atoms with E-state index < -0.39 is 0 Å². The summed E-state index contributed by atoms with van der Waals surface area (Å²) in [6.45, 7) is 8.25. The topological polar surface area (TPSA) is 29.1 Å². The number of carbonyl (C=O) groups excluding carboxylic acids is 1. The van der Waals surface area contributed by atoms with Gasteiger partial charge in [-0.3, -0.25) is 4.79 Å². The molecule has 0 aliphatic heterocycles. The van der Waals surface area contributed by atoms with E-state index >= 15 is 0 Å². The lowest BCUT2D eigenvalue weighted by Gasteiger charge is -2.20. The Morgan fingerprint density at radius 3 is 2.53 bits per heavy atom. The number of aryl methyl sites for hydroxylation is 2. The summed E-state index contributed by atoms with van der Waals surface area (Å²) in [5.74, 6) is 0.502. The molecule has 1 atom stereocenters. The van der Waals surface area contributed by atoms with Crippen molar-refractivity contribution in [2.45, 2.75) is 33.7 Å². The molecule has 3 heteroatoms. The van der Waals surface area contributed by atoms with Crippen LogP contribution >= 0.6 is 22.6 Å². The Hall–Kier alpha value is -0.580. The summed E-state index contributed by atoms with van der Waals surface area (Å²) in [5.41, 5.74) is 2.95. The Morgan fingerprint density at radius 2 is 2.00 bits per heavy atom. The second-order valence-corrected chi connectivity index (χ2v) is 5.68. The molecule has 0 aliphatic carbocycles. The zero-order chi connectivity index (χ0) is 13.0. The number of rotatable bonds is 4. The van der Waals surface area contributed by atoms with Gasteiger partial charge in [-0.2, -0.15) is 0 Å². The SMILES string of the molecule is Cc1ccc(C)c(C(=O)NC(CI)C(C)C)c1. The van der Waals surface area contributed by atoms with Crippen molar-refractivity contribution in [3.05, 3.63) is 34.9 Å². The molecule has 2 nitrogen and oxygen atoms in total. The van der Waals surface area contributed by atoms with Crippen LogP contribution in [-0.2, 0) is 0 Å². The van der Waals surface area contributed by atoms with Gasteiger partial charge in [0, 0.05) is 16.0 Å². The molecule has 0 heterocycles. The number of amides is 1. The van der Waals surface area contributed by atoms with Gasteiger partial charge in [0.2, 0.25) is 0 Å². The van der Waals surface area contributed by atoms with Crippen LogP contribution in [0.2, 0.25) is 0 Å². The summed E-state index contributed by atoms with van der Waals surface area (Å²) in [5, 5.41) is 3.10. The minimum absolute atomic E-state index is 0.0431. The van der Waals surface area contributed by atoms with Crippen molar-refractivity contribution < 1.29 is 4.79 Å². The molecule has 0 fully saturated rings. The van der Waals surface area contributed by atoms with Crippen LogP contribution in [0.5, 0.6) is 0 Å². The third-order valence-corrected chi connectivity index (χ3v) is 3.87. The van der Waals surface area contributed by atoms with Gasteiger partial charge in [-0.25, -0.2) is 0 Å². The van der Waals surface area contributed by atoms with Crippen LogP contribution in [0, 0.1) is 19.8 Å². The molecule has 1 amide bonds. The zero-order valence-electron chi connectivity index (χ0n) is 10.9. The molecule has 0 saturated carbocycles. The second kappa shape index (κ2) is 6.38. The van der Waals surface area contributed by atoms with Gasteiger partial charge in [-0.15, -0.1) is 0 Å². The molecule has 1 rings (SSSR count). The molecule has 1 N–H and O–H groups in total. The van der Waals surface area contributed by atoms with Crippen LogP contribution in [-0.4, -0.2) is 16.4 Å². The third-order valence-electron chi connectivity index (χ3n) is 2.93. The number of carbonyl (C=O) groups is 1. The normalized spacial score (nSPS) is 12.6. The summed E-state index contributed by atoms with van der Waals surface area (Å²) in [7, 11) is 0. The van der Waals surface area contributed by atoms with Gasteiger partial charge >= 0.3 is 0 Å². The maximum Gasteiger partial charge on any atom is 0.251 e. The van der Waals surface area contributed by atoms with Crippen molar-refractivity contribution in [2.24, 2.45) is 5.92 Å². The smallest absolute Gasteiger partial charge is 0.251 e. The van der Waals surface area contributed by atoms with Gasteiger partial charge in [0.25, 0.3) is 5.91 Å². The third kappa shape index (κ3) is 3.98. The highest BCUT2D eigenvalue weighted by molar-refractivity contribution is 14.1. The lowest BCUT2D eigenvalue weighted by Crippen LogP contribution is -2.40. The van der Waals surface area contributed by atoms with Crippen LogP contribution in [0.1, 0.15) is 35.3 Å². The van der Waals surface area contributed by atoms with E-state index in [1.54, 1.807) is 0 Å². The van der Waals surface area contributed by atoms with Crippen LogP contribution in [0.25, 0.3) is 0 Å². The molecule has 0 saturated heterocycles. The van der Waals surface area contributed by atoms with Crippen molar-refractivity contribution in [3.8, 4) is 0 Å². The highest BCUT2D eigenvalue weighted by Gasteiger charge is 2.17. The standard InChI is InChI=1S/C14H20INO/c1-9(2)13(8-15)16-14(17)12-7-10(3)5-6-11(12)4/h5-7,9,13H,8H2,1-4H3,(H,16,17). The maximum atomic E-state index is 12.2. The summed E-state index contributed by atoms with van der Waals surface area (Å²) >= 11 is 2.32. The van der Waals surface area contributed by atoms with E-state index in [1.165, 1.54) is 0 Å². The molecular formula is C14H20INO. The van der Waals surface area contributed by atoms with E-state index in [-0.39, 0.29) is 11.9 Å². The molecule has 0 spiro atoms. The number of hydrogen-bond donors (Lipinski definition) is 1. The fourth-order valence-electron chi connectivity index (χ4n) is 1.61. The average molecular weight is 345 g/mol. The van der Waals surface area contributed by atoms with Crippen molar-refractivity contribution in [3.63, 3.8) is 0 Å². The Morgan fingerprint density at radius 1 is 1.35 bits per heavy atom. The highest BCUT2D eigenvalue weighted by Crippen LogP contribution is 2.12. The van der Waals surface area contributed by atoms with Crippen LogP contribution in [0.15, 0.2) is 18.2 Å². The van der Waals surface area contributed by atoms with Gasteiger partial charge < -0.3 is 5.32 Å². The fraction of sp³-hybridized carbons (Fsp3) is 0.500. The molecule has 1 aromatic carbocycles. The van der Waals surface area contributed by atoms with Gasteiger partial charge in [0.05, 0.1) is 0 Å². The Labute approximate surface area is 117 Å². The minimum atomic E-state index is 0.0431. The maximum absolute atomic E-state index is 12.2. The second-order valence-electron chi connectivity index (χ2n) is 4.80. The van der Waals surface area contributed by atoms with E-state index in [1.807, 2.05) is 32.0 Å². The van der Waals surface area contributed by atoms with E-state index in [0.29, 0.717) is 5.92 Å². The molecule has 17 heavy (non-hydrogen) atoms. The van der Waals surface area contributed by atoms with E-state index in [9.17, 15) is 4.79 Å². The Bertz CT molecular complexity index is 401. The minimum Gasteiger partial charge on any atom is -0.348 e. The van der Waals surface area contributed by atoms with E-state index in [4.69, 9.17) is 0 Å². The quantitative estimate of drug-likeness (QED) is 0.657. The molecule has 0 bridgehead atoms. The number of halogens is 1. The largest absolute Gasteiger partial charge is 0.348 e. The van der Waals surface area contributed by atoms with E-state index in [2.05, 4.69) is 41.8 Å². The summed E-state index contributed by atoms with van der Waals surface area (Å²) < 4.78 is 0.937. The van der Waals surface area contributed by atoms with Gasteiger partial charge in [0.1, 0.15) is 0 Å². The van der Waals surface area contributed by atoms with Crippen molar-refractivity contribution in [1.82, 2.24) is 5.32 Å². The lowest BCUT2D eigenvalue weighted by atomic mass is 10.0. The van der Waals surface area contributed by atoms with Crippen molar-refractivity contribution >= 4 is 28.5 Å². The van der Waals surface area contributed by atoms with Gasteiger partial charge in [-0.05, 0) is 31.4 Å². The monoisotopic (exact) mass is 345 g/mol. The summed E-state index contributed by atoms with van der Waals surface area (Å²) in [6, 6.07) is 6.22. The predicted octanol–water partition coefficient (Wildman–Crippen LogP) is 3.49. The fourth-order valence-corrected chi connectivity index (χ4v) is 2.85. The molecule has 0 aliphatic rings. The highest BCUT2D eigenvalue weighted by atomic mass is 127. The first kappa shape index (κ1) is 14.5. The first-order chi connectivity index (χ1) is 7.95. The molecule has 1 aromatic rings. The molecule has 94 valence electrons. The number of hydrogen-bond acceptors (Lipinski definition) is 1. The van der Waals surface area contributed by atoms with Crippen LogP contribution < -0.4 is 5.32 Å². The molecule has 0 aromatic heterocycles.